The van der Waals surface area contributed by atoms with Crippen LogP contribution >= 0.6 is 0 Å². The van der Waals surface area contributed by atoms with Crippen molar-refractivity contribution >= 4 is 36.2 Å². The Kier molecular flexibility index (Phi) is 11.0. The first kappa shape index (κ1) is 27.6. The Morgan fingerprint density at radius 3 is 2.60 bits per heavy atom. The van der Waals surface area contributed by atoms with Crippen LogP contribution in [0.15, 0.2) is 29.4 Å². The first-order valence-electron chi connectivity index (χ1n) is 11.8. The number of nitrogens with zero attached hydrogens (tertiary/aromatic N) is 3. The molecule has 0 aliphatic rings. The third-order valence-corrected chi connectivity index (χ3v) is 5.58. The smallest absolute Gasteiger partial charge is 0.224 e. The van der Waals surface area contributed by atoms with Gasteiger partial charge in [0.05, 0.1) is 36.8 Å². The summed E-state index contributed by atoms with van der Waals surface area (Å²) in [6, 6.07) is 5.22. The van der Waals surface area contributed by atoms with E-state index in [4.69, 9.17) is 9.47 Å². The Hall–Kier alpha value is -3.62. The predicted molar refractivity (Wildman–Crippen MR) is 137 cm³/mol. The largest absolute Gasteiger partial charge is 0.493 e. The Balaban J connectivity index is 1.99. The zero-order valence-corrected chi connectivity index (χ0v) is 21.2. The van der Waals surface area contributed by atoms with E-state index in [0.29, 0.717) is 42.5 Å². The van der Waals surface area contributed by atoms with Crippen LogP contribution in [0, 0.1) is 6.92 Å². The molecule has 1 atom stereocenters. The molecule has 1 aromatic heterocycles. The number of rotatable bonds is 15. The van der Waals surface area contributed by atoms with Crippen LogP contribution in [0.1, 0.15) is 55.6 Å². The van der Waals surface area contributed by atoms with E-state index in [1.807, 2.05) is 32.9 Å². The van der Waals surface area contributed by atoms with Gasteiger partial charge in [0.15, 0.2) is 17.8 Å². The van der Waals surface area contributed by atoms with Crippen molar-refractivity contribution in [3.63, 3.8) is 0 Å². The van der Waals surface area contributed by atoms with E-state index >= 15 is 0 Å². The number of benzene rings is 1. The van der Waals surface area contributed by atoms with Crippen molar-refractivity contribution < 1.29 is 23.9 Å². The van der Waals surface area contributed by atoms with Crippen LogP contribution in [0.4, 0.5) is 11.4 Å². The average molecular weight is 485 g/mol. The number of carbonyl (C=O) groups excluding carboxylic acids is 3. The standard InChI is InChI=1S/C26H36N4O5/c1-6-10-30(18-32)21(7-2)15-27-23-14-25(24(34-5)12-19(23)3)35-11-8-9-26(33)28-20-13-22(17-31)29(4)16-20/h12-18,21H,6-11H2,1-5H3,(H,28,33)/t21-/m0/s1. The van der Waals surface area contributed by atoms with E-state index in [2.05, 4.69) is 10.3 Å². The van der Waals surface area contributed by atoms with Crippen molar-refractivity contribution in [1.29, 1.82) is 0 Å². The SMILES string of the molecule is CCCN(C=O)[C@H](C=Nc1cc(OCCCC(=O)Nc2cc(C=O)n(C)c2)c(OC)cc1C)CC. The summed E-state index contributed by atoms with van der Waals surface area (Å²) in [6.45, 7) is 6.99. The second-order valence-corrected chi connectivity index (χ2v) is 8.27. The molecule has 2 amide bonds. The van der Waals surface area contributed by atoms with Gasteiger partial charge in [0.25, 0.3) is 0 Å². The summed E-state index contributed by atoms with van der Waals surface area (Å²) in [4.78, 5) is 41.0. The summed E-state index contributed by atoms with van der Waals surface area (Å²) in [5, 5.41) is 2.78. The first-order valence-corrected chi connectivity index (χ1v) is 11.8. The molecule has 35 heavy (non-hydrogen) atoms. The zero-order chi connectivity index (χ0) is 25.8. The second kappa shape index (κ2) is 13.9. The van der Waals surface area contributed by atoms with Gasteiger partial charge in [-0.25, -0.2) is 0 Å². The Morgan fingerprint density at radius 2 is 2.00 bits per heavy atom. The molecule has 190 valence electrons. The maximum absolute atomic E-state index is 12.2. The quantitative estimate of drug-likeness (QED) is 0.231. The van der Waals surface area contributed by atoms with Gasteiger partial charge in [-0.2, -0.15) is 0 Å². The molecular formula is C26H36N4O5. The van der Waals surface area contributed by atoms with Crippen LogP contribution < -0.4 is 14.8 Å². The Bertz CT molecular complexity index is 1030. The molecule has 2 rings (SSSR count). The summed E-state index contributed by atoms with van der Waals surface area (Å²) >= 11 is 0. The van der Waals surface area contributed by atoms with Crippen molar-refractivity contribution in [3.8, 4) is 11.5 Å². The van der Waals surface area contributed by atoms with Gasteiger partial charge in [-0.1, -0.05) is 13.8 Å². The predicted octanol–water partition coefficient (Wildman–Crippen LogP) is 4.30. The number of aldehydes is 1. The number of carbonyl (C=O) groups is 3. The number of hydrogen-bond donors (Lipinski definition) is 1. The summed E-state index contributed by atoms with van der Waals surface area (Å²) < 4.78 is 13.0. The topological polar surface area (TPSA) is 102 Å². The number of methoxy groups -OCH3 is 1. The molecule has 0 saturated heterocycles. The average Bonchev–Trinajstić information content (AvgIpc) is 3.21. The lowest BCUT2D eigenvalue weighted by Crippen LogP contribution is -2.35. The number of anilines is 1. The molecule has 0 aliphatic heterocycles. The summed E-state index contributed by atoms with van der Waals surface area (Å²) in [7, 11) is 3.32. The van der Waals surface area contributed by atoms with E-state index in [1.54, 1.807) is 42.1 Å². The molecule has 0 unspecified atom stereocenters. The molecule has 0 spiro atoms. The minimum absolute atomic E-state index is 0.0796. The molecule has 9 nitrogen and oxygen atoms in total. The lowest BCUT2D eigenvalue weighted by molar-refractivity contribution is -0.119. The lowest BCUT2D eigenvalue weighted by Gasteiger charge is -2.23. The number of aryl methyl sites for hydroxylation is 2. The van der Waals surface area contributed by atoms with Crippen LogP contribution in [0.2, 0.25) is 0 Å². The molecule has 1 aromatic carbocycles. The zero-order valence-electron chi connectivity index (χ0n) is 21.2. The molecule has 0 bridgehead atoms. The molecule has 0 aliphatic carbocycles. The van der Waals surface area contributed by atoms with Gasteiger partial charge < -0.3 is 24.3 Å². The Labute approximate surface area is 207 Å². The summed E-state index contributed by atoms with van der Waals surface area (Å²) in [5.74, 6) is 0.970. The highest BCUT2D eigenvalue weighted by atomic mass is 16.5. The van der Waals surface area contributed by atoms with Gasteiger partial charge in [-0.3, -0.25) is 19.4 Å². The number of ether oxygens (including phenoxy) is 2. The third kappa shape index (κ3) is 7.98. The molecular weight excluding hydrogens is 448 g/mol. The fourth-order valence-corrected chi connectivity index (χ4v) is 3.61. The molecule has 0 fully saturated rings. The van der Waals surface area contributed by atoms with Gasteiger partial charge in [0.1, 0.15) is 0 Å². The molecule has 9 heteroatoms. The number of amides is 2. The molecule has 1 heterocycles. The van der Waals surface area contributed by atoms with Crippen LogP contribution in [0.25, 0.3) is 0 Å². The van der Waals surface area contributed by atoms with Crippen LogP contribution in [-0.2, 0) is 16.6 Å². The van der Waals surface area contributed by atoms with Crippen molar-refractivity contribution in [1.82, 2.24) is 9.47 Å². The first-order chi connectivity index (χ1) is 16.9. The van der Waals surface area contributed by atoms with Crippen molar-refractivity contribution in [2.75, 3.05) is 25.6 Å². The van der Waals surface area contributed by atoms with E-state index in [0.717, 1.165) is 36.8 Å². The molecule has 1 N–H and O–H groups in total. The van der Waals surface area contributed by atoms with Crippen LogP contribution in [0.3, 0.4) is 0 Å². The third-order valence-electron chi connectivity index (χ3n) is 5.58. The number of aromatic nitrogens is 1. The lowest BCUT2D eigenvalue weighted by atomic mass is 10.1. The van der Waals surface area contributed by atoms with E-state index in [9.17, 15) is 14.4 Å². The highest BCUT2D eigenvalue weighted by Crippen LogP contribution is 2.34. The number of nitrogens with one attached hydrogen (secondary N) is 1. The number of hydrogen-bond acceptors (Lipinski definition) is 6. The van der Waals surface area contributed by atoms with Gasteiger partial charge in [0, 0.05) is 38.5 Å². The summed E-state index contributed by atoms with van der Waals surface area (Å²) in [6.07, 6.45) is 7.51. The fraction of sp³-hybridized carbons (Fsp3) is 0.462. The maximum Gasteiger partial charge on any atom is 0.224 e. The molecule has 0 radical (unpaired) electrons. The molecule has 0 saturated carbocycles. The summed E-state index contributed by atoms with van der Waals surface area (Å²) in [5.41, 5.74) is 2.73. The van der Waals surface area contributed by atoms with Gasteiger partial charge in [-0.05, 0) is 43.9 Å². The van der Waals surface area contributed by atoms with Gasteiger partial charge in [0.2, 0.25) is 12.3 Å². The maximum atomic E-state index is 12.2. The fourth-order valence-electron chi connectivity index (χ4n) is 3.61. The second-order valence-electron chi connectivity index (χ2n) is 8.27. The van der Waals surface area contributed by atoms with Crippen LogP contribution in [0.5, 0.6) is 11.5 Å². The van der Waals surface area contributed by atoms with Gasteiger partial charge in [-0.15, -0.1) is 0 Å². The van der Waals surface area contributed by atoms with E-state index in [-0.39, 0.29) is 18.4 Å². The number of aliphatic imine (C=N–C) groups is 1. The normalized spacial score (nSPS) is 11.8. The Morgan fingerprint density at radius 1 is 1.23 bits per heavy atom. The van der Waals surface area contributed by atoms with Crippen molar-refractivity contribution in [2.24, 2.45) is 12.0 Å². The molecule has 2 aromatic rings. The van der Waals surface area contributed by atoms with Crippen molar-refractivity contribution in [2.45, 2.75) is 52.5 Å². The van der Waals surface area contributed by atoms with E-state index in [1.165, 1.54) is 0 Å². The minimum Gasteiger partial charge on any atom is -0.493 e. The van der Waals surface area contributed by atoms with Crippen molar-refractivity contribution in [3.05, 3.63) is 35.7 Å². The highest BCUT2D eigenvalue weighted by molar-refractivity contribution is 5.91. The monoisotopic (exact) mass is 484 g/mol. The van der Waals surface area contributed by atoms with Crippen LogP contribution in [-0.4, -0.2) is 60.6 Å². The minimum atomic E-state index is -0.157. The highest BCUT2D eigenvalue weighted by Gasteiger charge is 2.14. The van der Waals surface area contributed by atoms with E-state index < -0.39 is 0 Å². The van der Waals surface area contributed by atoms with Gasteiger partial charge >= 0.3 is 0 Å².